The molecule has 1 atom stereocenters. The van der Waals surface area contributed by atoms with E-state index in [1.165, 1.54) is 0 Å². The number of aliphatic hydroxyl groups excluding tert-OH is 1. The molecule has 1 aromatic carbocycles. The van der Waals surface area contributed by atoms with Crippen LogP contribution in [0.2, 0.25) is 0 Å². The summed E-state index contributed by atoms with van der Waals surface area (Å²) < 4.78 is 0. The molecule has 0 fully saturated rings. The van der Waals surface area contributed by atoms with Gasteiger partial charge in [-0.25, -0.2) is 0 Å². The number of hydrogen-bond donors (Lipinski definition) is 3. The SMILES string of the molecule is CCCCCC(=O)N[C@H](CO)Cc1ccc(O)cc1. The number of aliphatic hydroxyl groups is 1. The van der Waals surface area contributed by atoms with Gasteiger partial charge in [0.25, 0.3) is 0 Å². The largest absolute Gasteiger partial charge is 0.508 e. The fourth-order valence-electron chi connectivity index (χ4n) is 1.91. The van der Waals surface area contributed by atoms with Gasteiger partial charge in [-0.3, -0.25) is 4.79 Å². The molecule has 0 aliphatic carbocycles. The Morgan fingerprint density at radius 1 is 1.26 bits per heavy atom. The Balaban J connectivity index is 2.40. The minimum absolute atomic E-state index is 0.00808. The van der Waals surface area contributed by atoms with Gasteiger partial charge < -0.3 is 15.5 Å². The van der Waals surface area contributed by atoms with Gasteiger partial charge in [0.1, 0.15) is 5.75 Å². The first kappa shape index (κ1) is 15.5. The Labute approximate surface area is 114 Å². The van der Waals surface area contributed by atoms with E-state index in [0.29, 0.717) is 12.8 Å². The zero-order chi connectivity index (χ0) is 14.1. The molecule has 1 aromatic rings. The molecule has 0 radical (unpaired) electrons. The molecular formula is C15H23NO3. The van der Waals surface area contributed by atoms with E-state index in [9.17, 15) is 15.0 Å². The number of rotatable bonds is 8. The first-order valence-corrected chi connectivity index (χ1v) is 6.83. The van der Waals surface area contributed by atoms with E-state index in [4.69, 9.17) is 0 Å². The Morgan fingerprint density at radius 2 is 1.95 bits per heavy atom. The predicted octanol–water partition coefficient (Wildman–Crippen LogP) is 1.99. The molecule has 1 rings (SSSR count). The lowest BCUT2D eigenvalue weighted by atomic mass is 10.1. The van der Waals surface area contributed by atoms with Gasteiger partial charge in [0.05, 0.1) is 12.6 Å². The lowest BCUT2D eigenvalue weighted by molar-refractivity contribution is -0.122. The monoisotopic (exact) mass is 265 g/mol. The second kappa shape index (κ2) is 8.53. The summed E-state index contributed by atoms with van der Waals surface area (Å²) in [6.07, 6.45) is 4.11. The fourth-order valence-corrected chi connectivity index (χ4v) is 1.91. The van der Waals surface area contributed by atoms with Crippen molar-refractivity contribution < 1.29 is 15.0 Å². The normalized spacial score (nSPS) is 12.1. The van der Waals surface area contributed by atoms with E-state index in [-0.39, 0.29) is 24.3 Å². The highest BCUT2D eigenvalue weighted by Crippen LogP contribution is 2.11. The van der Waals surface area contributed by atoms with E-state index in [1.807, 2.05) is 0 Å². The standard InChI is InChI=1S/C15H23NO3/c1-2-3-4-5-15(19)16-13(11-17)10-12-6-8-14(18)9-7-12/h6-9,13,17-18H,2-5,10-11H2,1H3,(H,16,19)/t13-/m0/s1. The predicted molar refractivity (Wildman–Crippen MR) is 75.0 cm³/mol. The molecule has 3 N–H and O–H groups in total. The fraction of sp³-hybridized carbons (Fsp3) is 0.533. The summed E-state index contributed by atoms with van der Waals surface area (Å²) in [4.78, 5) is 11.7. The van der Waals surface area contributed by atoms with Crippen LogP contribution < -0.4 is 5.32 Å². The van der Waals surface area contributed by atoms with Crippen molar-refractivity contribution in [2.45, 2.75) is 45.1 Å². The van der Waals surface area contributed by atoms with E-state index < -0.39 is 0 Å². The van der Waals surface area contributed by atoms with Crippen molar-refractivity contribution in [1.82, 2.24) is 5.32 Å². The Morgan fingerprint density at radius 3 is 2.53 bits per heavy atom. The number of benzene rings is 1. The van der Waals surface area contributed by atoms with Crippen molar-refractivity contribution in [1.29, 1.82) is 0 Å². The highest BCUT2D eigenvalue weighted by Gasteiger charge is 2.11. The zero-order valence-corrected chi connectivity index (χ0v) is 11.4. The Bertz CT molecular complexity index is 375. The first-order valence-electron chi connectivity index (χ1n) is 6.83. The maximum Gasteiger partial charge on any atom is 0.220 e. The van der Waals surface area contributed by atoms with Crippen LogP contribution in [0.5, 0.6) is 5.75 Å². The van der Waals surface area contributed by atoms with Crippen LogP contribution in [0.1, 0.15) is 38.2 Å². The number of nitrogens with one attached hydrogen (secondary N) is 1. The topological polar surface area (TPSA) is 69.6 Å². The molecule has 4 nitrogen and oxygen atoms in total. The summed E-state index contributed by atoms with van der Waals surface area (Å²) >= 11 is 0. The van der Waals surface area contributed by atoms with E-state index in [0.717, 1.165) is 24.8 Å². The minimum Gasteiger partial charge on any atom is -0.508 e. The summed E-state index contributed by atoms with van der Waals surface area (Å²) in [6.45, 7) is 2.01. The maximum atomic E-state index is 11.7. The molecule has 0 saturated heterocycles. The quantitative estimate of drug-likeness (QED) is 0.630. The molecule has 0 heterocycles. The van der Waals surface area contributed by atoms with Gasteiger partial charge in [0.15, 0.2) is 0 Å². The molecule has 0 aromatic heterocycles. The lowest BCUT2D eigenvalue weighted by Crippen LogP contribution is -2.38. The molecule has 0 bridgehead atoms. The highest BCUT2D eigenvalue weighted by atomic mass is 16.3. The Kier molecular flexibility index (Phi) is 6.97. The molecular weight excluding hydrogens is 242 g/mol. The average molecular weight is 265 g/mol. The van der Waals surface area contributed by atoms with Crippen LogP contribution in [0.4, 0.5) is 0 Å². The molecule has 1 amide bonds. The summed E-state index contributed by atoms with van der Waals surface area (Å²) in [6, 6.07) is 6.53. The number of unbranched alkanes of at least 4 members (excludes halogenated alkanes) is 2. The van der Waals surface area contributed by atoms with Crippen molar-refractivity contribution in [3.05, 3.63) is 29.8 Å². The molecule has 0 spiro atoms. The van der Waals surface area contributed by atoms with Crippen molar-refractivity contribution in [3.63, 3.8) is 0 Å². The van der Waals surface area contributed by atoms with Crippen molar-refractivity contribution in [2.24, 2.45) is 0 Å². The van der Waals surface area contributed by atoms with Crippen molar-refractivity contribution in [3.8, 4) is 5.75 Å². The van der Waals surface area contributed by atoms with Gasteiger partial charge >= 0.3 is 0 Å². The van der Waals surface area contributed by atoms with Crippen LogP contribution in [-0.4, -0.2) is 28.8 Å². The number of hydrogen-bond acceptors (Lipinski definition) is 3. The van der Waals surface area contributed by atoms with Crippen LogP contribution in [0.25, 0.3) is 0 Å². The summed E-state index contributed by atoms with van der Waals surface area (Å²) in [5.41, 5.74) is 0.978. The van der Waals surface area contributed by atoms with E-state index in [1.54, 1.807) is 24.3 Å². The van der Waals surface area contributed by atoms with Crippen molar-refractivity contribution in [2.75, 3.05) is 6.61 Å². The van der Waals surface area contributed by atoms with Crippen LogP contribution >= 0.6 is 0 Å². The zero-order valence-electron chi connectivity index (χ0n) is 11.4. The third kappa shape index (κ3) is 6.25. The van der Waals surface area contributed by atoms with Gasteiger partial charge in [-0.15, -0.1) is 0 Å². The smallest absolute Gasteiger partial charge is 0.220 e. The van der Waals surface area contributed by atoms with E-state index >= 15 is 0 Å². The summed E-state index contributed by atoms with van der Waals surface area (Å²) in [5, 5.41) is 21.3. The minimum atomic E-state index is -0.265. The van der Waals surface area contributed by atoms with Gasteiger partial charge in [0, 0.05) is 6.42 Å². The lowest BCUT2D eigenvalue weighted by Gasteiger charge is -2.16. The highest BCUT2D eigenvalue weighted by molar-refractivity contribution is 5.76. The molecule has 19 heavy (non-hydrogen) atoms. The first-order chi connectivity index (χ1) is 9.15. The third-order valence-electron chi connectivity index (χ3n) is 3.01. The summed E-state index contributed by atoms with van der Waals surface area (Å²) in [5.74, 6) is 0.208. The number of aromatic hydroxyl groups is 1. The maximum absolute atomic E-state index is 11.7. The molecule has 106 valence electrons. The number of phenolic OH excluding ortho intramolecular Hbond substituents is 1. The van der Waals surface area contributed by atoms with Crippen LogP contribution in [0.3, 0.4) is 0 Å². The van der Waals surface area contributed by atoms with Crippen LogP contribution in [0, 0.1) is 0 Å². The number of amides is 1. The van der Waals surface area contributed by atoms with Gasteiger partial charge in [-0.2, -0.15) is 0 Å². The third-order valence-corrected chi connectivity index (χ3v) is 3.01. The molecule has 0 aliphatic heterocycles. The van der Waals surface area contributed by atoms with Crippen LogP contribution in [0.15, 0.2) is 24.3 Å². The Hall–Kier alpha value is -1.55. The second-order valence-electron chi connectivity index (χ2n) is 4.77. The summed E-state index contributed by atoms with van der Waals surface area (Å²) in [7, 11) is 0. The van der Waals surface area contributed by atoms with E-state index in [2.05, 4.69) is 12.2 Å². The number of carbonyl (C=O) groups is 1. The van der Waals surface area contributed by atoms with Gasteiger partial charge in [0.2, 0.25) is 5.91 Å². The van der Waals surface area contributed by atoms with Crippen LogP contribution in [-0.2, 0) is 11.2 Å². The second-order valence-corrected chi connectivity index (χ2v) is 4.77. The number of carbonyl (C=O) groups excluding carboxylic acids is 1. The molecule has 0 saturated carbocycles. The molecule has 0 aliphatic rings. The average Bonchev–Trinajstić information content (AvgIpc) is 2.41. The molecule has 4 heteroatoms. The number of phenols is 1. The van der Waals surface area contributed by atoms with Gasteiger partial charge in [-0.05, 0) is 30.5 Å². The van der Waals surface area contributed by atoms with Gasteiger partial charge in [-0.1, -0.05) is 31.9 Å². The van der Waals surface area contributed by atoms with Crippen molar-refractivity contribution >= 4 is 5.91 Å². The molecule has 0 unspecified atom stereocenters.